The normalized spacial score (nSPS) is 15.7. The van der Waals surface area contributed by atoms with Crippen LogP contribution in [0, 0.1) is 0 Å². The van der Waals surface area contributed by atoms with Gasteiger partial charge in [0.2, 0.25) is 0 Å². The van der Waals surface area contributed by atoms with Gasteiger partial charge in [0.15, 0.2) is 17.4 Å². The number of hydrogen-bond acceptors (Lipinski definition) is 5. The van der Waals surface area contributed by atoms with Crippen LogP contribution in [0.5, 0.6) is 0 Å². The average molecular weight is 270 g/mol. The van der Waals surface area contributed by atoms with Crippen molar-refractivity contribution in [2.75, 3.05) is 5.32 Å². The van der Waals surface area contributed by atoms with Crippen LogP contribution in [-0.2, 0) is 0 Å². The van der Waals surface area contributed by atoms with Crippen molar-refractivity contribution in [1.29, 1.82) is 0 Å². The molecule has 2 aromatic rings. The van der Waals surface area contributed by atoms with E-state index >= 15 is 0 Å². The van der Waals surface area contributed by atoms with Crippen LogP contribution in [0.4, 0.5) is 5.82 Å². The Morgan fingerprint density at radius 1 is 1.35 bits per heavy atom. The van der Waals surface area contributed by atoms with E-state index in [4.69, 9.17) is 0 Å². The van der Waals surface area contributed by atoms with Crippen molar-refractivity contribution in [2.24, 2.45) is 0 Å². The van der Waals surface area contributed by atoms with Crippen molar-refractivity contribution in [1.82, 2.24) is 15.0 Å². The molecular formula is C15H18N4O. The maximum atomic E-state index is 11.9. The molecule has 0 aromatic carbocycles. The highest BCUT2D eigenvalue weighted by atomic mass is 16.1. The fourth-order valence-electron chi connectivity index (χ4n) is 2.61. The van der Waals surface area contributed by atoms with Crippen LogP contribution < -0.4 is 5.32 Å². The molecule has 20 heavy (non-hydrogen) atoms. The second kappa shape index (κ2) is 5.53. The van der Waals surface area contributed by atoms with Crippen molar-refractivity contribution in [2.45, 2.75) is 45.1 Å². The highest BCUT2D eigenvalue weighted by Gasteiger charge is 2.19. The van der Waals surface area contributed by atoms with Gasteiger partial charge in [-0.25, -0.2) is 9.97 Å². The summed E-state index contributed by atoms with van der Waals surface area (Å²) >= 11 is 0. The Kier molecular flexibility index (Phi) is 3.58. The third kappa shape index (κ3) is 2.48. The number of aromatic nitrogens is 3. The van der Waals surface area contributed by atoms with Crippen molar-refractivity contribution in [3.8, 4) is 0 Å². The highest BCUT2D eigenvalue weighted by Crippen LogP contribution is 2.25. The number of ketones is 1. The molecule has 0 bridgehead atoms. The summed E-state index contributed by atoms with van der Waals surface area (Å²) < 4.78 is 0. The van der Waals surface area contributed by atoms with E-state index in [-0.39, 0.29) is 11.6 Å². The van der Waals surface area contributed by atoms with E-state index in [0.717, 1.165) is 23.9 Å². The largest absolute Gasteiger partial charge is 0.365 e. The molecule has 1 N–H and O–H groups in total. The third-order valence-electron chi connectivity index (χ3n) is 3.72. The summed E-state index contributed by atoms with van der Waals surface area (Å²) in [5.41, 5.74) is 1.46. The zero-order valence-electron chi connectivity index (χ0n) is 11.6. The first kappa shape index (κ1) is 13.0. The lowest BCUT2D eigenvalue weighted by Crippen LogP contribution is -2.18. The third-order valence-corrected chi connectivity index (χ3v) is 3.72. The molecule has 2 aromatic heterocycles. The van der Waals surface area contributed by atoms with Crippen molar-refractivity contribution in [3.63, 3.8) is 0 Å². The van der Waals surface area contributed by atoms with E-state index in [1.807, 2.05) is 19.1 Å². The smallest absolute Gasteiger partial charge is 0.199 e. The number of Topliss-reactive ketones (excluding diaryl/α,β-unsaturated/α-hetero) is 1. The summed E-state index contributed by atoms with van der Waals surface area (Å²) in [6.07, 6.45) is 6.93. The first-order valence-corrected chi connectivity index (χ1v) is 7.20. The molecule has 0 radical (unpaired) electrons. The molecular weight excluding hydrogens is 252 g/mol. The fourth-order valence-corrected chi connectivity index (χ4v) is 2.61. The number of nitrogens with one attached hydrogen (secondary N) is 1. The fraction of sp³-hybridized carbons (Fsp3) is 0.467. The quantitative estimate of drug-likeness (QED) is 0.865. The Bertz CT molecular complexity index is 635. The molecule has 0 spiro atoms. The second-order valence-corrected chi connectivity index (χ2v) is 5.17. The number of rotatable bonds is 4. The zero-order chi connectivity index (χ0) is 13.9. The molecule has 0 unspecified atom stereocenters. The summed E-state index contributed by atoms with van der Waals surface area (Å²) in [5, 5.41) is 3.44. The summed E-state index contributed by atoms with van der Waals surface area (Å²) in [4.78, 5) is 24.9. The Morgan fingerprint density at radius 3 is 2.90 bits per heavy atom. The molecule has 3 rings (SSSR count). The second-order valence-electron chi connectivity index (χ2n) is 5.17. The van der Waals surface area contributed by atoms with E-state index in [2.05, 4.69) is 20.3 Å². The van der Waals surface area contributed by atoms with Crippen LogP contribution in [0.3, 0.4) is 0 Å². The standard InChI is InChI=1S/C15H18N4O/c1-2-12(20)14-18-11-8-5-9-16-13(11)15(19-14)17-10-6-3-4-7-10/h5,8-10H,2-4,6-7H2,1H3,(H,17,18,19). The lowest BCUT2D eigenvalue weighted by Gasteiger charge is -2.14. The Balaban J connectivity index is 2.04. The molecule has 0 aliphatic heterocycles. The van der Waals surface area contributed by atoms with E-state index in [1.54, 1.807) is 6.20 Å². The van der Waals surface area contributed by atoms with Gasteiger partial charge in [-0.15, -0.1) is 0 Å². The van der Waals surface area contributed by atoms with Crippen LogP contribution in [0.25, 0.3) is 11.0 Å². The maximum Gasteiger partial charge on any atom is 0.199 e. The van der Waals surface area contributed by atoms with Gasteiger partial charge >= 0.3 is 0 Å². The number of fused-ring (bicyclic) bond motifs is 1. The molecule has 1 aliphatic carbocycles. The summed E-state index contributed by atoms with van der Waals surface area (Å²) in [6.45, 7) is 1.82. The molecule has 0 atom stereocenters. The number of carbonyl (C=O) groups is 1. The molecule has 5 nitrogen and oxygen atoms in total. The van der Waals surface area contributed by atoms with Gasteiger partial charge in [-0.3, -0.25) is 9.78 Å². The summed E-state index contributed by atoms with van der Waals surface area (Å²) in [7, 11) is 0. The first-order valence-electron chi connectivity index (χ1n) is 7.20. The maximum absolute atomic E-state index is 11.9. The SMILES string of the molecule is CCC(=O)c1nc(NC2CCCC2)c2ncccc2n1. The van der Waals surface area contributed by atoms with Crippen LogP contribution >= 0.6 is 0 Å². The van der Waals surface area contributed by atoms with Gasteiger partial charge < -0.3 is 5.32 Å². The Hall–Kier alpha value is -2.04. The predicted molar refractivity (Wildman–Crippen MR) is 77.8 cm³/mol. The van der Waals surface area contributed by atoms with Gasteiger partial charge in [0, 0.05) is 18.7 Å². The molecule has 1 saturated carbocycles. The number of hydrogen-bond donors (Lipinski definition) is 1. The minimum atomic E-state index is -0.0368. The number of anilines is 1. The van der Waals surface area contributed by atoms with Gasteiger partial charge in [-0.2, -0.15) is 0 Å². The van der Waals surface area contributed by atoms with Gasteiger partial charge in [-0.1, -0.05) is 19.8 Å². The van der Waals surface area contributed by atoms with Crippen LogP contribution in [0.15, 0.2) is 18.3 Å². The lowest BCUT2D eigenvalue weighted by atomic mass is 10.2. The van der Waals surface area contributed by atoms with Crippen LogP contribution in [0.2, 0.25) is 0 Å². The van der Waals surface area contributed by atoms with Crippen molar-refractivity contribution >= 4 is 22.6 Å². The minimum absolute atomic E-state index is 0.0368. The highest BCUT2D eigenvalue weighted by molar-refractivity contribution is 5.96. The monoisotopic (exact) mass is 270 g/mol. The van der Waals surface area contributed by atoms with E-state index in [1.165, 1.54) is 12.8 Å². The van der Waals surface area contributed by atoms with E-state index in [9.17, 15) is 4.79 Å². The van der Waals surface area contributed by atoms with Crippen molar-refractivity contribution < 1.29 is 4.79 Å². The molecule has 1 aliphatic rings. The Labute approximate surface area is 117 Å². The number of carbonyl (C=O) groups excluding carboxylic acids is 1. The topological polar surface area (TPSA) is 67.8 Å². The Morgan fingerprint density at radius 2 is 2.15 bits per heavy atom. The average Bonchev–Trinajstić information content (AvgIpc) is 2.99. The molecule has 0 saturated heterocycles. The summed E-state index contributed by atoms with van der Waals surface area (Å²) in [5.74, 6) is 0.943. The van der Waals surface area contributed by atoms with E-state index in [0.29, 0.717) is 18.3 Å². The molecule has 5 heteroatoms. The van der Waals surface area contributed by atoms with Crippen LogP contribution in [0.1, 0.15) is 49.6 Å². The molecule has 104 valence electrons. The lowest BCUT2D eigenvalue weighted by molar-refractivity contribution is 0.0978. The summed E-state index contributed by atoms with van der Waals surface area (Å²) in [6, 6.07) is 4.13. The molecule has 2 heterocycles. The minimum Gasteiger partial charge on any atom is -0.365 e. The van der Waals surface area contributed by atoms with Gasteiger partial charge in [-0.05, 0) is 25.0 Å². The zero-order valence-corrected chi connectivity index (χ0v) is 11.6. The predicted octanol–water partition coefficient (Wildman–Crippen LogP) is 2.97. The molecule has 1 fully saturated rings. The van der Waals surface area contributed by atoms with Crippen molar-refractivity contribution in [3.05, 3.63) is 24.2 Å². The first-order chi connectivity index (χ1) is 9.78. The molecule has 0 amide bonds. The number of pyridine rings is 1. The van der Waals surface area contributed by atoms with Crippen LogP contribution in [-0.4, -0.2) is 26.8 Å². The van der Waals surface area contributed by atoms with E-state index < -0.39 is 0 Å². The van der Waals surface area contributed by atoms with Gasteiger partial charge in [0.25, 0.3) is 0 Å². The van der Waals surface area contributed by atoms with Gasteiger partial charge in [0.1, 0.15) is 5.52 Å². The number of nitrogens with zero attached hydrogens (tertiary/aromatic N) is 3. The van der Waals surface area contributed by atoms with Gasteiger partial charge in [0.05, 0.1) is 5.52 Å².